The summed E-state index contributed by atoms with van der Waals surface area (Å²) in [5.41, 5.74) is 0.0906. The molecule has 0 bridgehead atoms. The summed E-state index contributed by atoms with van der Waals surface area (Å²) in [7, 11) is 4.02. The summed E-state index contributed by atoms with van der Waals surface area (Å²) >= 11 is 1.09. The Morgan fingerprint density at radius 3 is 2.92 bits per heavy atom. The lowest BCUT2D eigenvalue weighted by molar-refractivity contribution is -0.124. The molecule has 0 saturated carbocycles. The largest absolute Gasteiger partial charge is 0.308 e. The molecule has 26 heavy (non-hydrogen) atoms. The van der Waals surface area contributed by atoms with Crippen LogP contribution in [0.5, 0.6) is 0 Å². The Morgan fingerprint density at radius 2 is 2.19 bits per heavy atom. The van der Waals surface area contributed by atoms with Crippen molar-refractivity contribution in [1.29, 1.82) is 0 Å². The number of likely N-dealkylation sites (tertiary alicyclic amines) is 1. The maximum Gasteiger partial charge on any atom is 0.243 e. The van der Waals surface area contributed by atoms with Gasteiger partial charge in [0, 0.05) is 19.2 Å². The summed E-state index contributed by atoms with van der Waals surface area (Å²) in [6, 6.07) is 1.80. The number of aromatic nitrogens is 1. The molecule has 1 N–H and O–H groups in total. The Kier molecular flexibility index (Phi) is 5.84. The number of hydrogen-bond acceptors (Lipinski definition) is 5. The molecule has 1 aliphatic rings. The van der Waals surface area contributed by atoms with Gasteiger partial charge in [-0.05, 0) is 45.5 Å². The number of thiazole rings is 1. The predicted molar refractivity (Wildman–Crippen MR) is 100 cm³/mol. The number of amides is 1. The number of piperidine rings is 1. The van der Waals surface area contributed by atoms with Crippen LogP contribution < -0.4 is 5.32 Å². The van der Waals surface area contributed by atoms with Gasteiger partial charge in [0.05, 0.1) is 10.7 Å². The molecule has 2 heterocycles. The molecule has 1 aromatic heterocycles. The predicted octanol–water partition coefficient (Wildman–Crippen LogP) is 3.18. The van der Waals surface area contributed by atoms with Crippen molar-refractivity contribution in [2.75, 3.05) is 39.0 Å². The molecule has 1 aliphatic heterocycles. The number of carbonyl (C=O) groups is 1. The van der Waals surface area contributed by atoms with Crippen LogP contribution in [-0.2, 0) is 4.79 Å². The highest BCUT2D eigenvalue weighted by Gasteiger charge is 2.34. The summed E-state index contributed by atoms with van der Waals surface area (Å²) in [6.45, 7) is 4.66. The first-order valence-electron chi connectivity index (χ1n) is 8.80. The Hall–Kier alpha value is -1.64. The van der Waals surface area contributed by atoms with E-state index >= 15 is 0 Å². The molecule has 1 amide bonds. The van der Waals surface area contributed by atoms with E-state index in [2.05, 4.69) is 27.0 Å². The fourth-order valence-electron chi connectivity index (χ4n) is 3.47. The van der Waals surface area contributed by atoms with Gasteiger partial charge in [0.25, 0.3) is 0 Å². The van der Waals surface area contributed by atoms with Crippen LogP contribution >= 0.6 is 11.3 Å². The zero-order chi connectivity index (χ0) is 18.8. The average molecular weight is 382 g/mol. The molecule has 1 fully saturated rings. The van der Waals surface area contributed by atoms with Gasteiger partial charge >= 0.3 is 0 Å². The van der Waals surface area contributed by atoms with Gasteiger partial charge in [-0.25, -0.2) is 13.8 Å². The SMILES string of the molecule is CC1CCCN(CCN(C)C)C1C(=O)Nc1nc2c(F)cc(F)cc2s1. The molecule has 0 spiro atoms. The molecule has 2 unspecified atom stereocenters. The van der Waals surface area contributed by atoms with Gasteiger partial charge in [-0.2, -0.15) is 0 Å². The van der Waals surface area contributed by atoms with Crippen LogP contribution in [0, 0.1) is 17.6 Å². The topological polar surface area (TPSA) is 48.5 Å². The summed E-state index contributed by atoms with van der Waals surface area (Å²) in [5.74, 6) is -1.26. The van der Waals surface area contributed by atoms with Crippen LogP contribution in [0.1, 0.15) is 19.8 Å². The second kappa shape index (κ2) is 7.94. The van der Waals surface area contributed by atoms with Gasteiger partial charge in [-0.15, -0.1) is 0 Å². The lowest BCUT2D eigenvalue weighted by atomic mass is 9.90. The van der Waals surface area contributed by atoms with Crippen LogP contribution in [-0.4, -0.2) is 60.5 Å². The summed E-state index contributed by atoms with van der Waals surface area (Å²) in [5, 5.41) is 3.13. The molecule has 0 aliphatic carbocycles. The highest BCUT2D eigenvalue weighted by Crippen LogP contribution is 2.30. The fourth-order valence-corrected chi connectivity index (χ4v) is 4.37. The van der Waals surface area contributed by atoms with E-state index in [4.69, 9.17) is 0 Å². The van der Waals surface area contributed by atoms with Gasteiger partial charge < -0.3 is 10.2 Å². The van der Waals surface area contributed by atoms with Gasteiger partial charge in [-0.3, -0.25) is 9.69 Å². The van der Waals surface area contributed by atoms with E-state index in [1.165, 1.54) is 6.07 Å². The van der Waals surface area contributed by atoms with E-state index in [0.717, 1.165) is 49.9 Å². The number of carbonyl (C=O) groups excluding carboxylic acids is 1. The van der Waals surface area contributed by atoms with Crippen molar-refractivity contribution in [1.82, 2.24) is 14.8 Å². The van der Waals surface area contributed by atoms with Crippen LogP contribution in [0.15, 0.2) is 12.1 Å². The van der Waals surface area contributed by atoms with Crippen LogP contribution in [0.3, 0.4) is 0 Å². The number of fused-ring (bicyclic) bond motifs is 1. The second-order valence-electron chi connectivity index (χ2n) is 7.15. The Bertz CT molecular complexity index is 795. The van der Waals surface area contributed by atoms with Crippen molar-refractivity contribution >= 4 is 32.6 Å². The van der Waals surface area contributed by atoms with Crippen LogP contribution in [0.4, 0.5) is 13.9 Å². The third-order valence-corrected chi connectivity index (χ3v) is 5.70. The molecule has 8 heteroatoms. The van der Waals surface area contributed by atoms with E-state index in [9.17, 15) is 13.6 Å². The number of halogens is 2. The number of nitrogens with zero attached hydrogens (tertiary/aromatic N) is 3. The van der Waals surface area contributed by atoms with Gasteiger partial charge in [0.1, 0.15) is 11.3 Å². The molecule has 2 atom stereocenters. The van der Waals surface area contributed by atoms with Gasteiger partial charge in [-0.1, -0.05) is 18.3 Å². The number of anilines is 1. The number of rotatable bonds is 5. The Morgan fingerprint density at radius 1 is 1.42 bits per heavy atom. The second-order valence-corrected chi connectivity index (χ2v) is 8.18. The van der Waals surface area contributed by atoms with Crippen molar-refractivity contribution in [2.24, 2.45) is 5.92 Å². The first-order valence-corrected chi connectivity index (χ1v) is 9.62. The molecule has 1 saturated heterocycles. The summed E-state index contributed by atoms with van der Waals surface area (Å²) < 4.78 is 27.6. The smallest absolute Gasteiger partial charge is 0.243 e. The van der Waals surface area contributed by atoms with Gasteiger partial charge in [0.2, 0.25) is 5.91 Å². The molecule has 1 aromatic carbocycles. The summed E-state index contributed by atoms with van der Waals surface area (Å²) in [4.78, 5) is 21.3. The standard InChI is InChI=1S/C18H24F2N4OS/c1-11-5-4-6-24(8-7-23(2)3)16(11)17(25)22-18-21-15-13(20)9-12(19)10-14(15)26-18/h9-11,16H,4-8H2,1-3H3,(H,21,22,25). The fraction of sp³-hybridized carbons (Fsp3) is 0.556. The quantitative estimate of drug-likeness (QED) is 0.863. The molecule has 2 aromatic rings. The van der Waals surface area contributed by atoms with E-state index < -0.39 is 11.6 Å². The van der Waals surface area contributed by atoms with Crippen molar-refractivity contribution in [3.8, 4) is 0 Å². The average Bonchev–Trinajstić information content (AvgIpc) is 2.95. The monoisotopic (exact) mass is 382 g/mol. The number of nitrogens with one attached hydrogen (secondary N) is 1. The maximum atomic E-state index is 13.8. The Labute approximate surface area is 156 Å². The van der Waals surface area contributed by atoms with Crippen molar-refractivity contribution in [3.63, 3.8) is 0 Å². The highest BCUT2D eigenvalue weighted by atomic mass is 32.1. The van der Waals surface area contributed by atoms with E-state index in [0.29, 0.717) is 9.83 Å². The number of benzene rings is 1. The zero-order valence-corrected chi connectivity index (χ0v) is 16.1. The number of hydrogen-bond donors (Lipinski definition) is 1. The van der Waals surface area contributed by atoms with Crippen molar-refractivity contribution in [2.45, 2.75) is 25.8 Å². The third-order valence-electron chi connectivity index (χ3n) is 4.78. The normalized spacial score (nSPS) is 21.5. The highest BCUT2D eigenvalue weighted by molar-refractivity contribution is 7.22. The third kappa shape index (κ3) is 4.19. The van der Waals surface area contributed by atoms with Crippen LogP contribution in [0.2, 0.25) is 0 Å². The minimum atomic E-state index is -0.713. The first kappa shape index (κ1) is 19.1. The zero-order valence-electron chi connectivity index (χ0n) is 15.3. The van der Waals surface area contributed by atoms with E-state index in [1.54, 1.807) is 0 Å². The molecule has 0 radical (unpaired) electrons. The number of likely N-dealkylation sites (N-methyl/N-ethyl adjacent to an activating group) is 1. The van der Waals surface area contributed by atoms with E-state index in [-0.39, 0.29) is 23.4 Å². The van der Waals surface area contributed by atoms with Crippen molar-refractivity contribution in [3.05, 3.63) is 23.8 Å². The molecule has 5 nitrogen and oxygen atoms in total. The Balaban J connectivity index is 1.77. The minimum absolute atomic E-state index is 0.0906. The van der Waals surface area contributed by atoms with Gasteiger partial charge in [0.15, 0.2) is 10.9 Å². The minimum Gasteiger partial charge on any atom is -0.308 e. The molecular weight excluding hydrogens is 358 g/mol. The summed E-state index contributed by atoms with van der Waals surface area (Å²) in [6.07, 6.45) is 2.07. The molecular formula is C18H24F2N4OS. The molecule has 3 rings (SSSR count). The maximum absolute atomic E-state index is 13.8. The lowest BCUT2D eigenvalue weighted by Crippen LogP contribution is -2.52. The van der Waals surface area contributed by atoms with Crippen LogP contribution in [0.25, 0.3) is 10.2 Å². The lowest BCUT2D eigenvalue weighted by Gasteiger charge is -2.39. The molecule has 142 valence electrons. The first-order chi connectivity index (χ1) is 12.3. The van der Waals surface area contributed by atoms with E-state index in [1.807, 2.05) is 14.1 Å². The van der Waals surface area contributed by atoms with Crippen molar-refractivity contribution < 1.29 is 13.6 Å².